The average molecular weight is 331 g/mol. The minimum Gasteiger partial charge on any atom is -0.376 e. The van der Waals surface area contributed by atoms with Crippen LogP contribution in [-0.4, -0.2) is 54.0 Å². The maximum Gasteiger partial charge on any atom is 0.255 e. The first-order valence-electron chi connectivity index (χ1n) is 8.77. The first kappa shape index (κ1) is 16.9. The Balaban J connectivity index is 1.62. The van der Waals surface area contributed by atoms with Crippen molar-refractivity contribution in [2.45, 2.75) is 38.7 Å². The molecular formula is C18H25N3O3. The highest BCUT2D eigenvalue weighted by atomic mass is 16.5. The second-order valence-corrected chi connectivity index (χ2v) is 6.81. The quantitative estimate of drug-likeness (QED) is 0.914. The van der Waals surface area contributed by atoms with Crippen LogP contribution in [-0.2, 0) is 4.74 Å². The Bertz CT molecular complexity index is 599. The van der Waals surface area contributed by atoms with E-state index in [9.17, 15) is 9.59 Å². The summed E-state index contributed by atoms with van der Waals surface area (Å²) in [7, 11) is 0. The minimum absolute atomic E-state index is 0.0390. The molecule has 2 amide bonds. The molecule has 2 aliphatic heterocycles. The molecule has 0 aromatic carbocycles. The molecule has 0 bridgehead atoms. The van der Waals surface area contributed by atoms with Gasteiger partial charge < -0.3 is 15.0 Å². The van der Waals surface area contributed by atoms with Gasteiger partial charge in [-0.25, -0.2) is 0 Å². The molecule has 1 aromatic heterocycles. The molecule has 2 fully saturated rings. The summed E-state index contributed by atoms with van der Waals surface area (Å²) in [6.07, 6.45) is 7.35. The molecule has 2 aliphatic rings. The summed E-state index contributed by atoms with van der Waals surface area (Å²) in [5.74, 6) is 0.274. The first-order chi connectivity index (χ1) is 11.6. The van der Waals surface area contributed by atoms with Crippen LogP contribution >= 0.6 is 0 Å². The first-order valence-corrected chi connectivity index (χ1v) is 8.77. The van der Waals surface area contributed by atoms with E-state index in [0.717, 1.165) is 45.4 Å². The van der Waals surface area contributed by atoms with Crippen molar-refractivity contribution in [1.82, 2.24) is 15.2 Å². The van der Waals surface area contributed by atoms with Gasteiger partial charge in [0.05, 0.1) is 17.2 Å². The number of hydrogen-bond donors (Lipinski definition) is 1. The van der Waals surface area contributed by atoms with Crippen LogP contribution in [0.5, 0.6) is 0 Å². The largest absolute Gasteiger partial charge is 0.376 e. The SMILES string of the molecule is CC1CCCN(C(=O)c2cncc(C(=O)NCC3CCCO3)c2)C1. The molecule has 0 saturated carbocycles. The second-order valence-electron chi connectivity index (χ2n) is 6.81. The van der Waals surface area contributed by atoms with Gasteiger partial charge in [0.25, 0.3) is 11.8 Å². The van der Waals surface area contributed by atoms with Gasteiger partial charge in [0.15, 0.2) is 0 Å². The highest BCUT2D eigenvalue weighted by Gasteiger charge is 2.23. The van der Waals surface area contributed by atoms with Crippen LogP contribution in [0.4, 0.5) is 0 Å². The third-order valence-corrected chi connectivity index (χ3v) is 4.71. The van der Waals surface area contributed by atoms with E-state index in [1.165, 1.54) is 6.20 Å². The van der Waals surface area contributed by atoms with E-state index >= 15 is 0 Å². The van der Waals surface area contributed by atoms with Crippen molar-refractivity contribution in [3.05, 3.63) is 29.6 Å². The number of nitrogens with one attached hydrogen (secondary N) is 1. The standard InChI is InChI=1S/C18H25N3O3/c1-13-4-2-6-21(12-13)18(23)15-8-14(9-19-10-15)17(22)20-11-16-5-3-7-24-16/h8-10,13,16H,2-7,11-12H2,1H3,(H,20,22). The zero-order valence-corrected chi connectivity index (χ0v) is 14.2. The lowest BCUT2D eigenvalue weighted by molar-refractivity contribution is 0.0682. The Hall–Kier alpha value is -1.95. The fourth-order valence-electron chi connectivity index (χ4n) is 3.35. The van der Waals surface area contributed by atoms with E-state index in [1.807, 2.05) is 4.90 Å². The molecule has 0 aliphatic carbocycles. The normalized spacial score (nSPS) is 24.0. The molecule has 24 heavy (non-hydrogen) atoms. The summed E-state index contributed by atoms with van der Waals surface area (Å²) in [5.41, 5.74) is 0.901. The third-order valence-electron chi connectivity index (χ3n) is 4.71. The average Bonchev–Trinajstić information content (AvgIpc) is 3.12. The zero-order valence-electron chi connectivity index (χ0n) is 14.2. The van der Waals surface area contributed by atoms with Gasteiger partial charge in [-0.05, 0) is 37.7 Å². The molecule has 130 valence electrons. The minimum atomic E-state index is -0.209. The number of ether oxygens (including phenoxy) is 1. The van der Waals surface area contributed by atoms with Gasteiger partial charge in [0, 0.05) is 38.6 Å². The van der Waals surface area contributed by atoms with Crippen LogP contribution in [0, 0.1) is 5.92 Å². The number of piperidine rings is 1. The van der Waals surface area contributed by atoms with Crippen LogP contribution in [0.25, 0.3) is 0 Å². The maximum absolute atomic E-state index is 12.6. The van der Waals surface area contributed by atoms with Crippen molar-refractivity contribution in [1.29, 1.82) is 0 Å². The monoisotopic (exact) mass is 331 g/mol. The van der Waals surface area contributed by atoms with E-state index in [4.69, 9.17) is 4.74 Å². The van der Waals surface area contributed by atoms with Gasteiger partial charge in [0.2, 0.25) is 0 Å². The molecule has 2 atom stereocenters. The number of carbonyl (C=O) groups is 2. The maximum atomic E-state index is 12.6. The van der Waals surface area contributed by atoms with Crippen LogP contribution in [0.1, 0.15) is 53.3 Å². The highest BCUT2D eigenvalue weighted by Crippen LogP contribution is 2.18. The predicted octanol–water partition coefficient (Wildman–Crippen LogP) is 1.86. The second kappa shape index (κ2) is 7.75. The van der Waals surface area contributed by atoms with Crippen LogP contribution < -0.4 is 5.32 Å². The van der Waals surface area contributed by atoms with Gasteiger partial charge in [-0.2, -0.15) is 0 Å². The van der Waals surface area contributed by atoms with Crippen LogP contribution in [0.2, 0.25) is 0 Å². The zero-order chi connectivity index (χ0) is 16.9. The smallest absolute Gasteiger partial charge is 0.255 e. The third kappa shape index (κ3) is 4.12. The Labute approximate surface area is 142 Å². The number of aromatic nitrogens is 1. The number of amides is 2. The predicted molar refractivity (Wildman–Crippen MR) is 89.8 cm³/mol. The Kier molecular flexibility index (Phi) is 5.45. The summed E-state index contributed by atoms with van der Waals surface area (Å²) in [4.78, 5) is 30.8. The summed E-state index contributed by atoms with van der Waals surface area (Å²) in [6.45, 7) is 4.97. The van der Waals surface area contributed by atoms with Gasteiger partial charge in [-0.3, -0.25) is 14.6 Å². The van der Waals surface area contributed by atoms with E-state index in [1.54, 1.807) is 12.3 Å². The Morgan fingerprint density at radius 2 is 2.12 bits per heavy atom. The van der Waals surface area contributed by atoms with Crippen molar-refractivity contribution in [3.63, 3.8) is 0 Å². The Morgan fingerprint density at radius 3 is 2.88 bits per heavy atom. The molecule has 6 nitrogen and oxygen atoms in total. The molecule has 3 heterocycles. The summed E-state index contributed by atoms with van der Waals surface area (Å²) < 4.78 is 5.50. The number of likely N-dealkylation sites (tertiary alicyclic amines) is 1. The van der Waals surface area contributed by atoms with E-state index < -0.39 is 0 Å². The molecule has 3 rings (SSSR count). The Morgan fingerprint density at radius 1 is 1.29 bits per heavy atom. The fraction of sp³-hybridized carbons (Fsp3) is 0.611. The summed E-state index contributed by atoms with van der Waals surface area (Å²) >= 11 is 0. The fourth-order valence-corrected chi connectivity index (χ4v) is 3.35. The van der Waals surface area contributed by atoms with E-state index in [2.05, 4.69) is 17.2 Å². The van der Waals surface area contributed by atoms with Crippen molar-refractivity contribution in [2.24, 2.45) is 5.92 Å². The lowest BCUT2D eigenvalue weighted by Crippen LogP contribution is -2.39. The topological polar surface area (TPSA) is 71.5 Å². The number of pyridine rings is 1. The molecular weight excluding hydrogens is 306 g/mol. The van der Waals surface area contributed by atoms with E-state index in [-0.39, 0.29) is 17.9 Å². The molecule has 2 saturated heterocycles. The number of hydrogen-bond acceptors (Lipinski definition) is 4. The molecule has 0 spiro atoms. The lowest BCUT2D eigenvalue weighted by atomic mass is 9.99. The van der Waals surface area contributed by atoms with Crippen molar-refractivity contribution in [2.75, 3.05) is 26.2 Å². The van der Waals surface area contributed by atoms with Gasteiger partial charge in [0.1, 0.15) is 0 Å². The molecule has 6 heteroatoms. The molecule has 1 aromatic rings. The molecule has 1 N–H and O–H groups in total. The van der Waals surface area contributed by atoms with Gasteiger partial charge >= 0.3 is 0 Å². The van der Waals surface area contributed by atoms with Crippen LogP contribution in [0.15, 0.2) is 18.5 Å². The number of carbonyl (C=O) groups excluding carboxylic acids is 2. The van der Waals surface area contributed by atoms with Crippen molar-refractivity contribution >= 4 is 11.8 Å². The van der Waals surface area contributed by atoms with Crippen LogP contribution in [0.3, 0.4) is 0 Å². The molecule has 2 unspecified atom stereocenters. The van der Waals surface area contributed by atoms with Crippen molar-refractivity contribution in [3.8, 4) is 0 Å². The van der Waals surface area contributed by atoms with E-state index in [0.29, 0.717) is 23.6 Å². The summed E-state index contributed by atoms with van der Waals surface area (Å²) in [5, 5.41) is 2.86. The lowest BCUT2D eigenvalue weighted by Gasteiger charge is -2.31. The highest BCUT2D eigenvalue weighted by molar-refractivity contribution is 5.99. The number of rotatable bonds is 4. The molecule has 0 radical (unpaired) electrons. The van der Waals surface area contributed by atoms with Gasteiger partial charge in [-0.15, -0.1) is 0 Å². The number of nitrogens with zero attached hydrogens (tertiary/aromatic N) is 2. The van der Waals surface area contributed by atoms with Crippen molar-refractivity contribution < 1.29 is 14.3 Å². The van der Waals surface area contributed by atoms with Gasteiger partial charge in [-0.1, -0.05) is 6.92 Å². The summed E-state index contributed by atoms with van der Waals surface area (Å²) in [6, 6.07) is 1.64.